The normalized spacial score (nSPS) is 13.8. The van der Waals surface area contributed by atoms with Crippen molar-refractivity contribution in [1.29, 1.82) is 0 Å². The molecular formula is C25H22FN3O2S2. The van der Waals surface area contributed by atoms with Gasteiger partial charge in [-0.1, -0.05) is 36.4 Å². The number of carbonyl (C=O) groups is 1. The van der Waals surface area contributed by atoms with Crippen molar-refractivity contribution >= 4 is 40.0 Å². The molecule has 8 heteroatoms. The number of amides is 1. The lowest BCUT2D eigenvalue weighted by Gasteiger charge is -2.29. The van der Waals surface area contributed by atoms with Crippen LogP contribution in [0, 0.1) is 5.82 Å². The molecule has 2 aromatic heterocycles. The maximum absolute atomic E-state index is 14.7. The number of ether oxygens (including phenoxy) is 1. The maximum atomic E-state index is 14.7. The Balaban J connectivity index is 1.34. The Kier molecular flexibility index (Phi) is 6.48. The van der Waals surface area contributed by atoms with Gasteiger partial charge in [0, 0.05) is 29.2 Å². The number of carbonyl (C=O) groups excluding carboxylic acids is 1. The average Bonchev–Trinajstić information content (AvgIpc) is 3.50. The van der Waals surface area contributed by atoms with Crippen LogP contribution in [0.1, 0.15) is 4.88 Å². The minimum absolute atomic E-state index is 0.171. The van der Waals surface area contributed by atoms with Crippen molar-refractivity contribution < 1.29 is 13.9 Å². The maximum Gasteiger partial charge on any atom is 0.229 e. The van der Waals surface area contributed by atoms with Gasteiger partial charge in [0.25, 0.3) is 0 Å². The summed E-state index contributed by atoms with van der Waals surface area (Å²) in [4.78, 5) is 21.6. The fourth-order valence-corrected chi connectivity index (χ4v) is 5.66. The molecule has 1 amide bonds. The van der Waals surface area contributed by atoms with Crippen LogP contribution in [-0.4, -0.2) is 37.2 Å². The van der Waals surface area contributed by atoms with Crippen LogP contribution in [0.25, 0.3) is 21.1 Å². The molecule has 0 unspecified atom stereocenters. The third-order valence-electron chi connectivity index (χ3n) is 5.38. The summed E-state index contributed by atoms with van der Waals surface area (Å²) in [7, 11) is 0. The van der Waals surface area contributed by atoms with Crippen molar-refractivity contribution in [2.75, 3.05) is 36.5 Å². The molecule has 1 fully saturated rings. The molecule has 5 rings (SSSR count). The van der Waals surface area contributed by atoms with Gasteiger partial charge in [0.1, 0.15) is 10.8 Å². The van der Waals surface area contributed by atoms with Crippen LogP contribution in [0.2, 0.25) is 0 Å². The number of benzene rings is 2. The second kappa shape index (κ2) is 9.82. The van der Waals surface area contributed by atoms with Crippen molar-refractivity contribution in [3.63, 3.8) is 0 Å². The van der Waals surface area contributed by atoms with Gasteiger partial charge in [0.2, 0.25) is 5.91 Å². The van der Waals surface area contributed by atoms with E-state index in [0.29, 0.717) is 37.7 Å². The molecule has 0 bridgehead atoms. The molecule has 33 heavy (non-hydrogen) atoms. The highest BCUT2D eigenvalue weighted by atomic mass is 32.1. The molecule has 168 valence electrons. The van der Waals surface area contributed by atoms with Crippen molar-refractivity contribution in [3.05, 3.63) is 76.7 Å². The Bertz CT molecular complexity index is 1240. The lowest BCUT2D eigenvalue weighted by atomic mass is 10.2. The number of thiophene rings is 1. The molecule has 3 heterocycles. The van der Waals surface area contributed by atoms with Crippen molar-refractivity contribution in [1.82, 2.24) is 4.98 Å². The Morgan fingerprint density at radius 2 is 1.91 bits per heavy atom. The lowest BCUT2D eigenvalue weighted by Crippen LogP contribution is -2.36. The second-order valence-electron chi connectivity index (χ2n) is 7.62. The third kappa shape index (κ3) is 4.98. The molecule has 0 radical (unpaired) electrons. The first-order chi connectivity index (χ1) is 16.2. The van der Waals surface area contributed by atoms with Gasteiger partial charge in [0.05, 0.1) is 35.9 Å². The number of hydrogen-bond donors (Lipinski definition) is 1. The number of halogens is 1. The predicted octanol–water partition coefficient (Wildman–Crippen LogP) is 5.70. The number of morpholine rings is 1. The van der Waals surface area contributed by atoms with Gasteiger partial charge in [-0.3, -0.25) is 4.79 Å². The Labute approximate surface area is 199 Å². The highest BCUT2D eigenvalue weighted by Gasteiger charge is 2.19. The molecule has 0 atom stereocenters. The van der Waals surface area contributed by atoms with Gasteiger partial charge < -0.3 is 15.0 Å². The van der Waals surface area contributed by atoms with Gasteiger partial charge in [0.15, 0.2) is 0 Å². The van der Waals surface area contributed by atoms with E-state index in [1.807, 2.05) is 52.7 Å². The lowest BCUT2D eigenvalue weighted by molar-refractivity contribution is -0.115. The molecule has 4 aromatic rings. The number of nitrogens with zero attached hydrogens (tertiary/aromatic N) is 2. The SMILES string of the molecule is O=C(Cc1sc(-c2ccccc2)nc1-c1cccs1)Nc1ccc(N2CCOCC2)c(F)c1. The van der Waals surface area contributed by atoms with E-state index >= 15 is 0 Å². The molecule has 0 saturated carbocycles. The summed E-state index contributed by atoms with van der Waals surface area (Å²) in [6.07, 6.45) is 0.171. The largest absolute Gasteiger partial charge is 0.378 e. The molecule has 2 aromatic carbocycles. The minimum Gasteiger partial charge on any atom is -0.378 e. The van der Waals surface area contributed by atoms with E-state index in [2.05, 4.69) is 5.32 Å². The highest BCUT2D eigenvalue weighted by Crippen LogP contribution is 2.36. The van der Waals surface area contributed by atoms with E-state index < -0.39 is 0 Å². The van der Waals surface area contributed by atoms with Gasteiger partial charge in [-0.25, -0.2) is 9.37 Å². The third-order valence-corrected chi connectivity index (χ3v) is 7.36. The summed E-state index contributed by atoms with van der Waals surface area (Å²) in [6.45, 7) is 2.49. The molecular weight excluding hydrogens is 457 g/mol. The van der Waals surface area contributed by atoms with Gasteiger partial charge in [-0.15, -0.1) is 22.7 Å². The summed E-state index contributed by atoms with van der Waals surface area (Å²) >= 11 is 3.11. The smallest absolute Gasteiger partial charge is 0.229 e. The first-order valence-electron chi connectivity index (χ1n) is 10.7. The summed E-state index contributed by atoms with van der Waals surface area (Å²) in [5.41, 5.74) is 2.83. The monoisotopic (exact) mass is 479 g/mol. The topological polar surface area (TPSA) is 54.5 Å². The molecule has 1 aliphatic rings. The van der Waals surface area contributed by atoms with E-state index in [1.54, 1.807) is 23.5 Å². The minimum atomic E-state index is -0.349. The first kappa shape index (κ1) is 21.8. The fraction of sp³-hybridized carbons (Fsp3) is 0.200. The zero-order chi connectivity index (χ0) is 22.6. The van der Waals surface area contributed by atoms with E-state index in [9.17, 15) is 9.18 Å². The van der Waals surface area contributed by atoms with Crippen LogP contribution >= 0.6 is 22.7 Å². The Hall–Kier alpha value is -3.07. The van der Waals surface area contributed by atoms with Gasteiger partial charge in [-0.05, 0) is 29.6 Å². The van der Waals surface area contributed by atoms with Crippen LogP contribution in [0.5, 0.6) is 0 Å². The summed E-state index contributed by atoms with van der Waals surface area (Å²) < 4.78 is 20.0. The molecule has 5 nitrogen and oxygen atoms in total. The van der Waals surface area contributed by atoms with E-state index in [-0.39, 0.29) is 18.1 Å². The van der Waals surface area contributed by atoms with Crippen LogP contribution in [-0.2, 0) is 16.0 Å². The molecule has 0 spiro atoms. The number of rotatable bonds is 6. The quantitative estimate of drug-likeness (QED) is 0.386. The van der Waals surface area contributed by atoms with Crippen molar-refractivity contribution in [2.45, 2.75) is 6.42 Å². The van der Waals surface area contributed by atoms with Crippen molar-refractivity contribution in [2.24, 2.45) is 0 Å². The number of thiazole rings is 1. The molecule has 1 N–H and O–H groups in total. The summed E-state index contributed by atoms with van der Waals surface area (Å²) in [6, 6.07) is 18.8. The number of aromatic nitrogens is 1. The zero-order valence-corrected chi connectivity index (χ0v) is 19.4. The Morgan fingerprint density at radius 3 is 2.64 bits per heavy atom. The van der Waals surface area contributed by atoms with Crippen LogP contribution in [0.4, 0.5) is 15.8 Å². The van der Waals surface area contributed by atoms with Crippen molar-refractivity contribution in [3.8, 4) is 21.1 Å². The Morgan fingerprint density at radius 1 is 1.09 bits per heavy atom. The number of anilines is 2. The predicted molar refractivity (Wildman–Crippen MR) is 133 cm³/mol. The molecule has 1 aliphatic heterocycles. The van der Waals surface area contributed by atoms with Crippen LogP contribution in [0.3, 0.4) is 0 Å². The van der Waals surface area contributed by atoms with E-state index in [1.165, 1.54) is 17.4 Å². The van der Waals surface area contributed by atoms with E-state index in [0.717, 1.165) is 26.0 Å². The van der Waals surface area contributed by atoms with Gasteiger partial charge >= 0.3 is 0 Å². The first-order valence-corrected chi connectivity index (χ1v) is 12.4. The molecule has 1 saturated heterocycles. The standard InChI is InChI=1S/C25H22FN3O2S2/c26-19-15-18(8-9-20(19)29-10-12-31-13-11-29)27-23(30)16-22-24(21-7-4-14-32-21)28-25(33-22)17-5-2-1-3-6-17/h1-9,14-15H,10-13,16H2,(H,27,30). The van der Waals surface area contributed by atoms with Crippen LogP contribution < -0.4 is 10.2 Å². The summed E-state index contributed by atoms with van der Waals surface area (Å²) in [5, 5.41) is 5.72. The fourth-order valence-electron chi connectivity index (χ4n) is 3.78. The van der Waals surface area contributed by atoms with Crippen LogP contribution in [0.15, 0.2) is 66.0 Å². The molecule has 0 aliphatic carbocycles. The summed E-state index contributed by atoms with van der Waals surface area (Å²) in [5.74, 6) is -0.548. The van der Waals surface area contributed by atoms with E-state index in [4.69, 9.17) is 9.72 Å². The number of nitrogens with one attached hydrogen (secondary N) is 1. The second-order valence-corrected chi connectivity index (χ2v) is 9.66. The zero-order valence-electron chi connectivity index (χ0n) is 17.8. The average molecular weight is 480 g/mol. The number of hydrogen-bond acceptors (Lipinski definition) is 6. The van der Waals surface area contributed by atoms with Gasteiger partial charge in [-0.2, -0.15) is 0 Å². The highest BCUT2D eigenvalue weighted by molar-refractivity contribution is 7.17.